The second-order valence-electron chi connectivity index (χ2n) is 4.80. The molecule has 1 aliphatic carbocycles. The maximum atomic E-state index is 11.8. The molecule has 0 unspecified atom stereocenters. The van der Waals surface area contributed by atoms with Gasteiger partial charge in [-0.15, -0.1) is 0 Å². The molecule has 1 rings (SSSR count). The number of methoxy groups -OCH3 is 2. The van der Waals surface area contributed by atoms with Gasteiger partial charge >= 0.3 is 11.9 Å². The number of esters is 2. The molecule has 0 saturated carbocycles. The van der Waals surface area contributed by atoms with E-state index < -0.39 is 11.8 Å². The van der Waals surface area contributed by atoms with Crippen LogP contribution in [0.1, 0.15) is 12.8 Å². The molecule has 0 heterocycles. The van der Waals surface area contributed by atoms with Crippen molar-refractivity contribution in [2.75, 3.05) is 34.9 Å². The fourth-order valence-corrected chi connectivity index (χ4v) is 2.31. The molecular weight excluding hydrogens is 234 g/mol. The van der Waals surface area contributed by atoms with Gasteiger partial charge in [-0.2, -0.15) is 0 Å². The van der Waals surface area contributed by atoms with Crippen molar-refractivity contribution < 1.29 is 19.1 Å². The highest BCUT2D eigenvalue weighted by Crippen LogP contribution is 2.31. The summed E-state index contributed by atoms with van der Waals surface area (Å²) in [5.74, 6) is -1.53. The van der Waals surface area contributed by atoms with Gasteiger partial charge in [-0.1, -0.05) is 11.6 Å². The molecule has 0 bridgehead atoms. The van der Waals surface area contributed by atoms with E-state index >= 15 is 0 Å². The third kappa shape index (κ3) is 3.57. The molecule has 0 fully saturated rings. The van der Waals surface area contributed by atoms with Crippen LogP contribution in [0.25, 0.3) is 0 Å². The molecular formula is C13H21NO4. The number of hydrogen-bond acceptors (Lipinski definition) is 5. The maximum absolute atomic E-state index is 11.8. The normalized spacial score (nSPS) is 23.5. The van der Waals surface area contributed by atoms with Crippen molar-refractivity contribution >= 4 is 11.9 Å². The Morgan fingerprint density at radius 1 is 1.22 bits per heavy atom. The topological polar surface area (TPSA) is 55.8 Å². The summed E-state index contributed by atoms with van der Waals surface area (Å²) in [5.41, 5.74) is 1.16. The Bertz CT molecular complexity index is 349. The lowest BCUT2D eigenvalue weighted by Gasteiger charge is -2.28. The minimum atomic E-state index is -0.428. The van der Waals surface area contributed by atoms with E-state index in [9.17, 15) is 9.59 Å². The van der Waals surface area contributed by atoms with Crippen LogP contribution in [-0.2, 0) is 19.1 Å². The summed E-state index contributed by atoms with van der Waals surface area (Å²) in [6, 6.07) is 0. The Morgan fingerprint density at radius 3 is 2.28 bits per heavy atom. The second kappa shape index (κ2) is 6.54. The number of nitrogens with zero attached hydrogens (tertiary/aromatic N) is 1. The van der Waals surface area contributed by atoms with Crippen molar-refractivity contribution in [3.05, 3.63) is 11.6 Å². The van der Waals surface area contributed by atoms with Crippen LogP contribution in [0.2, 0.25) is 0 Å². The van der Waals surface area contributed by atoms with E-state index in [2.05, 4.69) is 0 Å². The maximum Gasteiger partial charge on any atom is 0.309 e. The van der Waals surface area contributed by atoms with Gasteiger partial charge in [0.05, 0.1) is 26.1 Å². The molecule has 0 amide bonds. The summed E-state index contributed by atoms with van der Waals surface area (Å²) >= 11 is 0. The van der Waals surface area contributed by atoms with Crippen LogP contribution in [0.5, 0.6) is 0 Å². The fraction of sp³-hybridized carbons (Fsp3) is 0.692. The van der Waals surface area contributed by atoms with E-state index in [4.69, 9.17) is 9.47 Å². The van der Waals surface area contributed by atoms with Gasteiger partial charge in [0.2, 0.25) is 0 Å². The number of allylic oxidation sites excluding steroid dienone is 1. The van der Waals surface area contributed by atoms with Gasteiger partial charge in [0, 0.05) is 6.54 Å². The number of rotatable bonds is 4. The molecule has 5 heteroatoms. The minimum absolute atomic E-state index is 0.338. The highest BCUT2D eigenvalue weighted by atomic mass is 16.5. The number of carbonyl (C=O) groups is 2. The third-order valence-corrected chi connectivity index (χ3v) is 3.16. The number of carbonyl (C=O) groups excluding carboxylic acids is 2. The monoisotopic (exact) mass is 255 g/mol. The average molecular weight is 255 g/mol. The standard InChI is InChI=1S/C13H21NO4/c1-14(2)8-9-5-6-10(12(15)17-3)11(7-9)13(16)18-4/h5,10-11H,6-8H2,1-4H3/t10-,11+/m0/s1. The third-order valence-electron chi connectivity index (χ3n) is 3.16. The van der Waals surface area contributed by atoms with E-state index in [1.54, 1.807) is 0 Å². The molecule has 102 valence electrons. The average Bonchev–Trinajstić information content (AvgIpc) is 2.36. The minimum Gasteiger partial charge on any atom is -0.469 e. The van der Waals surface area contributed by atoms with Crippen molar-refractivity contribution in [3.8, 4) is 0 Å². The molecule has 0 saturated heterocycles. The number of likely N-dealkylation sites (N-methyl/N-ethyl adjacent to an activating group) is 1. The van der Waals surface area contributed by atoms with Gasteiger partial charge in [0.25, 0.3) is 0 Å². The Kier molecular flexibility index (Phi) is 5.34. The van der Waals surface area contributed by atoms with Crippen LogP contribution in [0.15, 0.2) is 11.6 Å². The largest absolute Gasteiger partial charge is 0.469 e. The fourth-order valence-electron chi connectivity index (χ4n) is 2.31. The van der Waals surface area contributed by atoms with Gasteiger partial charge in [-0.25, -0.2) is 0 Å². The van der Waals surface area contributed by atoms with Gasteiger partial charge in [-0.3, -0.25) is 9.59 Å². The molecule has 0 spiro atoms. The van der Waals surface area contributed by atoms with Crippen LogP contribution in [0.4, 0.5) is 0 Å². The molecule has 0 aromatic carbocycles. The van der Waals surface area contributed by atoms with Gasteiger partial charge in [0.15, 0.2) is 0 Å². The zero-order valence-corrected chi connectivity index (χ0v) is 11.4. The summed E-state index contributed by atoms with van der Waals surface area (Å²) in [7, 11) is 6.64. The summed E-state index contributed by atoms with van der Waals surface area (Å²) in [5, 5.41) is 0. The highest BCUT2D eigenvalue weighted by Gasteiger charge is 2.37. The van der Waals surface area contributed by atoms with Gasteiger partial charge < -0.3 is 14.4 Å². The van der Waals surface area contributed by atoms with E-state index in [1.807, 2.05) is 25.1 Å². The summed E-state index contributed by atoms with van der Waals surface area (Å²) < 4.78 is 9.52. The van der Waals surface area contributed by atoms with E-state index in [0.29, 0.717) is 12.8 Å². The molecule has 5 nitrogen and oxygen atoms in total. The van der Waals surface area contributed by atoms with Crippen LogP contribution in [0, 0.1) is 11.8 Å². The summed E-state index contributed by atoms with van der Waals surface area (Å²) in [6.45, 7) is 0.793. The van der Waals surface area contributed by atoms with Gasteiger partial charge in [0.1, 0.15) is 0 Å². The highest BCUT2D eigenvalue weighted by molar-refractivity contribution is 5.82. The Balaban J connectivity index is 2.84. The van der Waals surface area contributed by atoms with Crippen molar-refractivity contribution in [1.82, 2.24) is 4.90 Å². The van der Waals surface area contributed by atoms with E-state index in [-0.39, 0.29) is 11.9 Å². The molecule has 2 atom stereocenters. The smallest absolute Gasteiger partial charge is 0.309 e. The lowest BCUT2D eigenvalue weighted by molar-refractivity contribution is -0.157. The molecule has 0 N–H and O–H groups in total. The second-order valence-corrected chi connectivity index (χ2v) is 4.80. The van der Waals surface area contributed by atoms with Crippen molar-refractivity contribution in [1.29, 1.82) is 0 Å². The number of hydrogen-bond donors (Lipinski definition) is 0. The zero-order chi connectivity index (χ0) is 13.7. The lowest BCUT2D eigenvalue weighted by Crippen LogP contribution is -2.35. The van der Waals surface area contributed by atoms with Crippen molar-refractivity contribution in [3.63, 3.8) is 0 Å². The molecule has 0 aromatic heterocycles. The molecule has 1 aliphatic rings. The summed E-state index contributed by atoms with van der Waals surface area (Å²) in [4.78, 5) is 25.5. The Hall–Kier alpha value is -1.36. The predicted octanol–water partition coefficient (Wildman–Crippen LogP) is 0.847. The molecule has 0 radical (unpaired) electrons. The van der Waals surface area contributed by atoms with Crippen molar-refractivity contribution in [2.24, 2.45) is 11.8 Å². The van der Waals surface area contributed by atoms with E-state index in [1.165, 1.54) is 14.2 Å². The van der Waals surface area contributed by atoms with Crippen LogP contribution < -0.4 is 0 Å². The molecule has 0 aliphatic heterocycles. The lowest BCUT2D eigenvalue weighted by atomic mass is 9.79. The first-order chi connectivity index (χ1) is 8.49. The first-order valence-corrected chi connectivity index (χ1v) is 5.97. The van der Waals surface area contributed by atoms with E-state index in [0.717, 1.165) is 12.1 Å². The summed E-state index contributed by atoms with van der Waals surface area (Å²) in [6.07, 6.45) is 3.13. The first-order valence-electron chi connectivity index (χ1n) is 5.97. The molecule has 0 aromatic rings. The van der Waals surface area contributed by atoms with Crippen LogP contribution >= 0.6 is 0 Å². The first kappa shape index (κ1) is 14.7. The zero-order valence-electron chi connectivity index (χ0n) is 11.4. The quantitative estimate of drug-likeness (QED) is 0.550. The van der Waals surface area contributed by atoms with Crippen LogP contribution in [0.3, 0.4) is 0 Å². The van der Waals surface area contributed by atoms with Gasteiger partial charge in [-0.05, 0) is 26.9 Å². The number of ether oxygens (including phenoxy) is 2. The Morgan fingerprint density at radius 2 is 1.78 bits per heavy atom. The SMILES string of the molecule is COC(=O)[C@H]1CC=C(CN(C)C)C[C@H]1C(=O)OC. The Labute approximate surface area is 108 Å². The predicted molar refractivity (Wildman–Crippen MR) is 66.9 cm³/mol. The molecule has 18 heavy (non-hydrogen) atoms. The van der Waals surface area contributed by atoms with Crippen molar-refractivity contribution in [2.45, 2.75) is 12.8 Å². The van der Waals surface area contributed by atoms with Crippen LogP contribution in [-0.4, -0.2) is 51.7 Å².